The van der Waals surface area contributed by atoms with E-state index in [-0.39, 0.29) is 30.5 Å². The number of carbonyl (C=O) groups is 2. The SMILES string of the molecule is Cc1ccc(-n2cncn2)c(CNC(=O)C2C[C@@H](F)CN2C(=O)[C@H](N)CC2(C)CC2)c1F. The van der Waals surface area contributed by atoms with Gasteiger partial charge in [-0.3, -0.25) is 9.59 Å². The van der Waals surface area contributed by atoms with Gasteiger partial charge < -0.3 is 16.0 Å². The van der Waals surface area contributed by atoms with Crippen LogP contribution in [0.3, 0.4) is 0 Å². The second-order valence-corrected chi connectivity index (χ2v) is 9.21. The Labute approximate surface area is 185 Å². The lowest BCUT2D eigenvalue weighted by molar-refractivity contribution is -0.139. The number of nitrogens with zero attached hydrogens (tertiary/aromatic N) is 4. The number of aromatic nitrogens is 3. The van der Waals surface area contributed by atoms with E-state index in [0.717, 1.165) is 12.8 Å². The monoisotopic (exact) mass is 446 g/mol. The fraction of sp³-hybridized carbons (Fsp3) is 0.545. The van der Waals surface area contributed by atoms with E-state index >= 15 is 0 Å². The number of halogens is 2. The maximum atomic E-state index is 14.9. The molecule has 3 atom stereocenters. The number of carbonyl (C=O) groups excluding carboxylic acids is 2. The van der Waals surface area contributed by atoms with Crippen LogP contribution in [0.25, 0.3) is 5.69 Å². The van der Waals surface area contributed by atoms with E-state index in [2.05, 4.69) is 22.3 Å². The molecule has 2 aliphatic rings. The van der Waals surface area contributed by atoms with Crippen molar-refractivity contribution in [3.8, 4) is 5.69 Å². The molecule has 1 aliphatic carbocycles. The molecule has 1 saturated carbocycles. The van der Waals surface area contributed by atoms with E-state index in [1.165, 1.54) is 22.2 Å². The molecule has 32 heavy (non-hydrogen) atoms. The van der Waals surface area contributed by atoms with Gasteiger partial charge in [0.2, 0.25) is 11.8 Å². The number of aryl methyl sites for hydroxylation is 1. The van der Waals surface area contributed by atoms with Crippen molar-refractivity contribution in [1.29, 1.82) is 0 Å². The Balaban J connectivity index is 1.47. The highest BCUT2D eigenvalue weighted by Crippen LogP contribution is 2.48. The molecule has 2 amide bonds. The van der Waals surface area contributed by atoms with E-state index in [1.807, 2.05) is 0 Å². The largest absolute Gasteiger partial charge is 0.350 e. The van der Waals surface area contributed by atoms with E-state index in [0.29, 0.717) is 17.7 Å². The zero-order valence-electron chi connectivity index (χ0n) is 18.2. The molecular formula is C22H28F2N6O2. The highest BCUT2D eigenvalue weighted by molar-refractivity contribution is 5.90. The molecule has 2 heterocycles. The van der Waals surface area contributed by atoms with Crippen LogP contribution >= 0.6 is 0 Å². The maximum absolute atomic E-state index is 14.9. The molecular weight excluding hydrogens is 418 g/mol. The van der Waals surface area contributed by atoms with E-state index in [4.69, 9.17) is 5.73 Å². The number of amides is 2. The average molecular weight is 447 g/mol. The quantitative estimate of drug-likeness (QED) is 0.675. The standard InChI is InChI=1S/C22H28F2N6O2/c1-13-3-4-17(30-12-26-11-28-30)15(19(13)24)9-27-20(31)18-7-14(23)10-29(18)21(32)16(25)8-22(2)5-6-22/h3-4,11-12,14,16,18H,5-10,25H2,1-2H3,(H,27,31)/t14-,16-,18?/m1/s1. The number of hydrogen-bond donors (Lipinski definition) is 2. The molecule has 172 valence electrons. The molecule has 1 saturated heterocycles. The maximum Gasteiger partial charge on any atom is 0.243 e. The molecule has 10 heteroatoms. The molecule has 2 aromatic rings. The summed E-state index contributed by atoms with van der Waals surface area (Å²) in [6.07, 6.45) is 3.90. The number of nitrogens with one attached hydrogen (secondary N) is 1. The Morgan fingerprint density at radius 2 is 2.12 bits per heavy atom. The van der Waals surface area contributed by atoms with Crippen LogP contribution < -0.4 is 11.1 Å². The van der Waals surface area contributed by atoms with Crippen LogP contribution in [0.1, 0.15) is 43.7 Å². The molecule has 0 bridgehead atoms. The van der Waals surface area contributed by atoms with Crippen molar-refractivity contribution in [3.63, 3.8) is 0 Å². The molecule has 0 spiro atoms. The molecule has 1 aromatic heterocycles. The highest BCUT2D eigenvalue weighted by Gasteiger charge is 2.45. The van der Waals surface area contributed by atoms with Gasteiger partial charge in [0, 0.05) is 18.5 Å². The first kappa shape index (κ1) is 22.3. The summed E-state index contributed by atoms with van der Waals surface area (Å²) in [5, 5.41) is 6.71. The minimum Gasteiger partial charge on any atom is -0.350 e. The van der Waals surface area contributed by atoms with Crippen molar-refractivity contribution >= 4 is 11.8 Å². The van der Waals surface area contributed by atoms with Crippen LogP contribution in [0.15, 0.2) is 24.8 Å². The molecule has 0 radical (unpaired) electrons. The molecule has 1 aromatic carbocycles. The molecule has 8 nitrogen and oxygen atoms in total. The predicted octanol–water partition coefficient (Wildman–Crippen LogP) is 1.79. The van der Waals surface area contributed by atoms with Gasteiger partial charge in [-0.25, -0.2) is 18.4 Å². The van der Waals surface area contributed by atoms with Gasteiger partial charge in [-0.1, -0.05) is 13.0 Å². The highest BCUT2D eigenvalue weighted by atomic mass is 19.1. The summed E-state index contributed by atoms with van der Waals surface area (Å²) in [4.78, 5) is 30.9. The van der Waals surface area contributed by atoms with Crippen LogP contribution in [0.5, 0.6) is 0 Å². The third-order valence-corrected chi connectivity index (χ3v) is 6.49. The van der Waals surface area contributed by atoms with Gasteiger partial charge in [0.05, 0.1) is 18.3 Å². The van der Waals surface area contributed by atoms with Gasteiger partial charge in [0.25, 0.3) is 0 Å². The van der Waals surface area contributed by atoms with Crippen molar-refractivity contribution in [3.05, 3.63) is 41.7 Å². The second kappa shape index (κ2) is 8.57. The molecule has 1 unspecified atom stereocenters. The summed E-state index contributed by atoms with van der Waals surface area (Å²) >= 11 is 0. The Kier molecular flexibility index (Phi) is 5.98. The van der Waals surface area contributed by atoms with Gasteiger partial charge in [0.1, 0.15) is 30.7 Å². The van der Waals surface area contributed by atoms with Gasteiger partial charge >= 0.3 is 0 Å². The summed E-state index contributed by atoms with van der Waals surface area (Å²) in [5.74, 6) is -1.42. The van der Waals surface area contributed by atoms with Crippen molar-refractivity contribution in [2.45, 2.75) is 64.3 Å². The molecule has 4 rings (SSSR count). The van der Waals surface area contributed by atoms with E-state index in [1.54, 1.807) is 19.1 Å². The van der Waals surface area contributed by atoms with Gasteiger partial charge in [-0.15, -0.1) is 0 Å². The first-order valence-corrected chi connectivity index (χ1v) is 10.8. The Morgan fingerprint density at radius 1 is 1.38 bits per heavy atom. The zero-order chi connectivity index (χ0) is 23.0. The van der Waals surface area contributed by atoms with Gasteiger partial charge in [0.15, 0.2) is 0 Å². The lowest BCUT2D eigenvalue weighted by atomic mass is 9.98. The third kappa shape index (κ3) is 4.50. The summed E-state index contributed by atoms with van der Waals surface area (Å²) in [7, 11) is 0. The van der Waals surface area contributed by atoms with E-state index in [9.17, 15) is 18.4 Å². The Bertz CT molecular complexity index is 1010. The first-order chi connectivity index (χ1) is 15.2. The van der Waals surface area contributed by atoms with E-state index < -0.39 is 35.9 Å². The fourth-order valence-corrected chi connectivity index (χ4v) is 4.26. The fourth-order valence-electron chi connectivity index (χ4n) is 4.26. The lowest BCUT2D eigenvalue weighted by Gasteiger charge is -2.27. The minimum absolute atomic E-state index is 0.0577. The molecule has 3 N–H and O–H groups in total. The number of rotatable bonds is 7. The third-order valence-electron chi connectivity index (χ3n) is 6.49. The number of nitrogens with two attached hydrogens (primary N) is 1. The average Bonchev–Trinajstić information content (AvgIpc) is 3.14. The normalized spacial score (nSPS) is 22.6. The predicted molar refractivity (Wildman–Crippen MR) is 113 cm³/mol. The Morgan fingerprint density at radius 3 is 2.78 bits per heavy atom. The topological polar surface area (TPSA) is 106 Å². The van der Waals surface area contributed by atoms with Crippen LogP contribution in [0, 0.1) is 18.2 Å². The molecule has 2 fully saturated rings. The number of alkyl halides is 1. The zero-order valence-corrected chi connectivity index (χ0v) is 18.2. The smallest absolute Gasteiger partial charge is 0.243 e. The van der Waals surface area contributed by atoms with Crippen LogP contribution in [0.2, 0.25) is 0 Å². The van der Waals surface area contributed by atoms with Crippen molar-refractivity contribution in [1.82, 2.24) is 25.0 Å². The van der Waals surface area contributed by atoms with Crippen LogP contribution in [-0.2, 0) is 16.1 Å². The molecule has 1 aliphatic heterocycles. The lowest BCUT2D eigenvalue weighted by Crippen LogP contribution is -2.51. The van der Waals surface area contributed by atoms with Crippen molar-refractivity contribution in [2.24, 2.45) is 11.1 Å². The summed E-state index contributed by atoms with van der Waals surface area (Å²) in [5.41, 5.74) is 7.24. The summed E-state index contributed by atoms with van der Waals surface area (Å²) < 4.78 is 30.5. The second-order valence-electron chi connectivity index (χ2n) is 9.21. The number of benzene rings is 1. The number of hydrogen-bond acceptors (Lipinski definition) is 5. The van der Waals surface area contributed by atoms with Crippen molar-refractivity contribution in [2.75, 3.05) is 6.54 Å². The van der Waals surface area contributed by atoms with Crippen LogP contribution in [0.4, 0.5) is 8.78 Å². The van der Waals surface area contributed by atoms with Gasteiger partial charge in [-0.05, 0) is 43.2 Å². The number of likely N-dealkylation sites (tertiary alicyclic amines) is 1. The van der Waals surface area contributed by atoms with Gasteiger partial charge in [-0.2, -0.15) is 5.10 Å². The van der Waals surface area contributed by atoms with Crippen molar-refractivity contribution < 1.29 is 18.4 Å². The van der Waals surface area contributed by atoms with Crippen LogP contribution in [-0.4, -0.2) is 56.3 Å². The summed E-state index contributed by atoms with van der Waals surface area (Å²) in [6.45, 7) is 3.39. The summed E-state index contributed by atoms with van der Waals surface area (Å²) in [6, 6.07) is 1.56. The Hall–Kier alpha value is -2.88. The first-order valence-electron chi connectivity index (χ1n) is 10.8. The minimum atomic E-state index is -1.31.